The van der Waals surface area contributed by atoms with Crippen LogP contribution in [0.2, 0.25) is 0 Å². The predicted octanol–water partition coefficient (Wildman–Crippen LogP) is 2.18. The highest BCUT2D eigenvalue weighted by Gasteiger charge is 2.25. The Morgan fingerprint density at radius 3 is 2.41 bits per heavy atom. The van der Waals surface area contributed by atoms with Crippen molar-refractivity contribution in [2.45, 2.75) is 6.42 Å². The zero-order valence-corrected chi connectivity index (χ0v) is 14.6. The first-order chi connectivity index (χ1) is 13.0. The Labute approximate surface area is 155 Å². The molecule has 0 unspecified atom stereocenters. The highest BCUT2D eigenvalue weighted by Crippen LogP contribution is 2.28. The number of anilines is 1. The van der Waals surface area contributed by atoms with Gasteiger partial charge < -0.3 is 14.9 Å². The third-order valence-electron chi connectivity index (χ3n) is 4.58. The fourth-order valence-electron chi connectivity index (χ4n) is 3.18. The number of carboxylic acid groups (broad SMARTS) is 1. The number of para-hydroxylation sites is 2. The van der Waals surface area contributed by atoms with Crippen LogP contribution in [0.3, 0.4) is 0 Å². The van der Waals surface area contributed by atoms with Crippen molar-refractivity contribution in [1.82, 2.24) is 4.90 Å². The first-order valence-corrected chi connectivity index (χ1v) is 8.54. The van der Waals surface area contributed by atoms with Gasteiger partial charge in [-0.05, 0) is 23.8 Å². The molecule has 1 saturated heterocycles. The zero-order chi connectivity index (χ0) is 19.4. The van der Waals surface area contributed by atoms with E-state index in [1.807, 2.05) is 4.90 Å². The molecule has 1 fully saturated rings. The molecule has 2 aromatic carbocycles. The minimum Gasteiger partial charge on any atom is -0.478 e. The maximum atomic E-state index is 12.5. The predicted molar refractivity (Wildman–Crippen MR) is 99.0 cm³/mol. The van der Waals surface area contributed by atoms with Crippen molar-refractivity contribution < 1.29 is 19.6 Å². The van der Waals surface area contributed by atoms with Gasteiger partial charge in [-0.25, -0.2) is 4.79 Å². The Morgan fingerprint density at radius 2 is 1.74 bits per heavy atom. The van der Waals surface area contributed by atoms with Crippen LogP contribution < -0.4 is 4.90 Å². The molecule has 0 aromatic heterocycles. The molecule has 0 aliphatic carbocycles. The standard InChI is InChI=1S/C19H19N3O5/c23-18(13-14-4-3-5-15(12-14)19(24)25)21-10-8-20(9-11-21)16-6-1-2-7-17(16)22(26)27/h1-7,12H,8-11,13H2,(H,24,25). The number of carbonyl (C=O) groups is 2. The summed E-state index contributed by atoms with van der Waals surface area (Å²) in [5, 5.41) is 20.2. The fourth-order valence-corrected chi connectivity index (χ4v) is 3.18. The third kappa shape index (κ3) is 4.22. The second kappa shape index (κ2) is 7.86. The van der Waals surface area contributed by atoms with Crippen molar-refractivity contribution in [3.05, 3.63) is 69.8 Å². The van der Waals surface area contributed by atoms with Gasteiger partial charge in [0.2, 0.25) is 5.91 Å². The van der Waals surface area contributed by atoms with E-state index in [4.69, 9.17) is 5.11 Å². The summed E-state index contributed by atoms with van der Waals surface area (Å²) in [4.78, 5) is 38.0. The minimum absolute atomic E-state index is 0.0581. The highest BCUT2D eigenvalue weighted by atomic mass is 16.6. The second-order valence-corrected chi connectivity index (χ2v) is 6.30. The molecule has 1 aliphatic heterocycles. The zero-order valence-electron chi connectivity index (χ0n) is 14.6. The number of nitro benzene ring substituents is 1. The second-order valence-electron chi connectivity index (χ2n) is 6.30. The van der Waals surface area contributed by atoms with Gasteiger partial charge in [0.1, 0.15) is 5.69 Å². The number of carbonyl (C=O) groups excluding carboxylic acids is 1. The average molecular weight is 369 g/mol. The van der Waals surface area contributed by atoms with Crippen LogP contribution in [0, 0.1) is 10.1 Å². The number of rotatable bonds is 5. The van der Waals surface area contributed by atoms with Crippen molar-refractivity contribution in [2.75, 3.05) is 31.1 Å². The molecule has 0 radical (unpaired) electrons. The van der Waals surface area contributed by atoms with Gasteiger partial charge in [-0.15, -0.1) is 0 Å². The van der Waals surface area contributed by atoms with E-state index in [-0.39, 0.29) is 23.6 Å². The van der Waals surface area contributed by atoms with Crippen LogP contribution in [-0.4, -0.2) is 53.0 Å². The molecule has 1 N–H and O–H groups in total. The molecule has 2 aromatic rings. The van der Waals surface area contributed by atoms with Gasteiger partial charge in [0.05, 0.1) is 16.9 Å². The van der Waals surface area contributed by atoms with E-state index in [1.165, 1.54) is 18.2 Å². The molecule has 0 saturated carbocycles. The number of aromatic carboxylic acids is 1. The van der Waals surface area contributed by atoms with Crippen LogP contribution in [0.4, 0.5) is 11.4 Å². The molecular formula is C19H19N3O5. The number of benzene rings is 2. The topological polar surface area (TPSA) is 104 Å². The van der Waals surface area contributed by atoms with Gasteiger partial charge in [-0.1, -0.05) is 24.3 Å². The molecule has 1 amide bonds. The van der Waals surface area contributed by atoms with Gasteiger partial charge in [0, 0.05) is 32.2 Å². The number of nitro groups is 1. The molecule has 0 spiro atoms. The SMILES string of the molecule is O=C(O)c1cccc(CC(=O)N2CCN(c3ccccc3[N+](=O)[O-])CC2)c1. The Morgan fingerprint density at radius 1 is 1.04 bits per heavy atom. The van der Waals surface area contributed by atoms with Crippen LogP contribution in [-0.2, 0) is 11.2 Å². The average Bonchev–Trinajstić information content (AvgIpc) is 2.68. The number of amides is 1. The van der Waals surface area contributed by atoms with Crippen molar-refractivity contribution >= 4 is 23.3 Å². The van der Waals surface area contributed by atoms with E-state index in [1.54, 1.807) is 35.2 Å². The quantitative estimate of drug-likeness (QED) is 0.640. The van der Waals surface area contributed by atoms with Gasteiger partial charge in [-0.2, -0.15) is 0 Å². The summed E-state index contributed by atoms with van der Waals surface area (Å²) in [5.74, 6) is -1.11. The van der Waals surface area contributed by atoms with Crippen LogP contribution in [0.1, 0.15) is 15.9 Å². The first kappa shape index (κ1) is 18.4. The fraction of sp³-hybridized carbons (Fsp3) is 0.263. The lowest BCUT2D eigenvalue weighted by molar-refractivity contribution is -0.384. The van der Waals surface area contributed by atoms with E-state index in [2.05, 4.69) is 0 Å². The summed E-state index contributed by atoms with van der Waals surface area (Å²) in [5.41, 5.74) is 1.43. The van der Waals surface area contributed by atoms with Gasteiger partial charge in [0.25, 0.3) is 5.69 Å². The number of hydrogen-bond acceptors (Lipinski definition) is 5. The number of hydrogen-bond donors (Lipinski definition) is 1. The number of carboxylic acids is 1. The van der Waals surface area contributed by atoms with Gasteiger partial charge >= 0.3 is 5.97 Å². The van der Waals surface area contributed by atoms with E-state index in [0.717, 1.165) is 0 Å². The summed E-state index contributed by atoms with van der Waals surface area (Å²) in [6.07, 6.45) is 0.132. The molecular weight excluding hydrogens is 350 g/mol. The minimum atomic E-state index is -1.03. The smallest absolute Gasteiger partial charge is 0.335 e. The molecule has 8 heteroatoms. The molecule has 8 nitrogen and oxygen atoms in total. The molecule has 27 heavy (non-hydrogen) atoms. The lowest BCUT2D eigenvalue weighted by Crippen LogP contribution is -2.49. The van der Waals surface area contributed by atoms with E-state index >= 15 is 0 Å². The van der Waals surface area contributed by atoms with Crippen LogP contribution in [0.5, 0.6) is 0 Å². The van der Waals surface area contributed by atoms with E-state index in [0.29, 0.717) is 37.4 Å². The number of nitrogens with zero attached hydrogens (tertiary/aromatic N) is 3. The summed E-state index contributed by atoms with van der Waals surface area (Å²) >= 11 is 0. The van der Waals surface area contributed by atoms with Crippen LogP contribution in [0.15, 0.2) is 48.5 Å². The largest absolute Gasteiger partial charge is 0.478 e. The monoisotopic (exact) mass is 369 g/mol. The number of piperazine rings is 1. The summed E-state index contributed by atoms with van der Waals surface area (Å²) in [6.45, 7) is 1.94. The Balaban J connectivity index is 1.62. The molecule has 3 rings (SSSR count). The maximum absolute atomic E-state index is 12.5. The van der Waals surface area contributed by atoms with Crippen molar-refractivity contribution in [1.29, 1.82) is 0 Å². The van der Waals surface area contributed by atoms with Crippen LogP contribution in [0.25, 0.3) is 0 Å². The lowest BCUT2D eigenvalue weighted by Gasteiger charge is -2.35. The lowest BCUT2D eigenvalue weighted by atomic mass is 10.1. The molecule has 1 aliphatic rings. The van der Waals surface area contributed by atoms with Gasteiger partial charge in [0.15, 0.2) is 0 Å². The van der Waals surface area contributed by atoms with Crippen LogP contribution >= 0.6 is 0 Å². The van der Waals surface area contributed by atoms with Gasteiger partial charge in [-0.3, -0.25) is 14.9 Å². The van der Waals surface area contributed by atoms with E-state index < -0.39 is 10.9 Å². The maximum Gasteiger partial charge on any atom is 0.335 e. The molecule has 140 valence electrons. The summed E-state index contributed by atoms with van der Waals surface area (Å²) in [6, 6.07) is 12.9. The Bertz CT molecular complexity index is 875. The van der Waals surface area contributed by atoms with E-state index in [9.17, 15) is 19.7 Å². The molecule has 1 heterocycles. The third-order valence-corrected chi connectivity index (χ3v) is 4.58. The first-order valence-electron chi connectivity index (χ1n) is 8.54. The summed E-state index contributed by atoms with van der Waals surface area (Å²) < 4.78 is 0. The Hall–Kier alpha value is -3.42. The Kier molecular flexibility index (Phi) is 5.35. The van der Waals surface area contributed by atoms with Crippen molar-refractivity contribution in [2.24, 2.45) is 0 Å². The molecule has 0 atom stereocenters. The highest BCUT2D eigenvalue weighted by molar-refractivity contribution is 5.88. The molecule has 0 bridgehead atoms. The van der Waals surface area contributed by atoms with Crippen molar-refractivity contribution in [3.63, 3.8) is 0 Å². The summed E-state index contributed by atoms with van der Waals surface area (Å²) in [7, 11) is 0. The van der Waals surface area contributed by atoms with Crippen molar-refractivity contribution in [3.8, 4) is 0 Å². The normalized spacial score (nSPS) is 14.1.